The number of halogens is 4. The van der Waals surface area contributed by atoms with Crippen LogP contribution in [0.2, 0.25) is 5.02 Å². The average Bonchev–Trinajstić information content (AvgIpc) is 2.01. The molecule has 0 radical (unpaired) electrons. The number of hydrogen-bond acceptors (Lipinski definition) is 1. The molecular formula is C9H9ClF3N. The van der Waals surface area contributed by atoms with Gasteiger partial charge in [-0.05, 0) is 30.7 Å². The minimum Gasteiger partial charge on any atom is -0.324 e. The minimum atomic E-state index is -4.38. The molecule has 0 aliphatic rings. The van der Waals surface area contributed by atoms with E-state index in [0.717, 1.165) is 12.1 Å². The van der Waals surface area contributed by atoms with Gasteiger partial charge in [-0.1, -0.05) is 11.6 Å². The summed E-state index contributed by atoms with van der Waals surface area (Å²) in [6.07, 6.45) is -4.38. The van der Waals surface area contributed by atoms with Gasteiger partial charge in [-0.3, -0.25) is 0 Å². The summed E-state index contributed by atoms with van der Waals surface area (Å²) in [6.45, 7) is 1.60. The van der Waals surface area contributed by atoms with Crippen LogP contribution in [0.15, 0.2) is 18.2 Å². The average molecular weight is 224 g/mol. The second-order valence-electron chi connectivity index (χ2n) is 3.06. The van der Waals surface area contributed by atoms with Gasteiger partial charge in [-0.2, -0.15) is 13.2 Å². The molecule has 0 aliphatic carbocycles. The first-order chi connectivity index (χ1) is 6.30. The third kappa shape index (κ3) is 2.62. The fourth-order valence-electron chi connectivity index (χ4n) is 1.04. The van der Waals surface area contributed by atoms with E-state index in [1.807, 2.05) is 0 Å². The molecule has 0 saturated heterocycles. The summed E-state index contributed by atoms with van der Waals surface area (Å²) < 4.78 is 36.9. The Kier molecular flexibility index (Phi) is 3.07. The van der Waals surface area contributed by atoms with Crippen molar-refractivity contribution in [2.24, 2.45) is 5.73 Å². The number of nitrogens with two attached hydrogens (primary N) is 1. The Morgan fingerprint density at radius 3 is 2.29 bits per heavy atom. The highest BCUT2D eigenvalue weighted by molar-refractivity contribution is 6.30. The van der Waals surface area contributed by atoms with E-state index in [1.54, 1.807) is 6.92 Å². The SMILES string of the molecule is C[C@H](N)c1cc(Cl)cc(C(F)(F)F)c1. The lowest BCUT2D eigenvalue weighted by atomic mass is 10.1. The zero-order valence-corrected chi connectivity index (χ0v) is 8.15. The highest BCUT2D eigenvalue weighted by Gasteiger charge is 2.31. The molecule has 0 aromatic heterocycles. The quantitative estimate of drug-likeness (QED) is 0.776. The standard InChI is InChI=1S/C9H9ClF3N/c1-5(14)6-2-7(9(11,12)13)4-8(10)3-6/h2-5H,14H2,1H3/t5-/m0/s1. The Labute approximate surface area is 84.7 Å². The Morgan fingerprint density at radius 2 is 1.86 bits per heavy atom. The van der Waals surface area contributed by atoms with Crippen LogP contribution >= 0.6 is 11.6 Å². The third-order valence-electron chi connectivity index (χ3n) is 1.77. The van der Waals surface area contributed by atoms with Gasteiger partial charge in [0.1, 0.15) is 0 Å². The van der Waals surface area contributed by atoms with Gasteiger partial charge in [-0.15, -0.1) is 0 Å². The molecule has 1 aromatic rings. The van der Waals surface area contributed by atoms with Crippen LogP contribution in [0.25, 0.3) is 0 Å². The van der Waals surface area contributed by atoms with E-state index in [2.05, 4.69) is 0 Å². The number of alkyl halides is 3. The van der Waals surface area contributed by atoms with Crippen molar-refractivity contribution in [1.82, 2.24) is 0 Å². The summed E-state index contributed by atoms with van der Waals surface area (Å²) in [7, 11) is 0. The maximum atomic E-state index is 12.3. The van der Waals surface area contributed by atoms with Crippen LogP contribution in [0.4, 0.5) is 13.2 Å². The molecule has 1 rings (SSSR count). The zero-order chi connectivity index (χ0) is 10.9. The van der Waals surface area contributed by atoms with Crippen LogP contribution in [-0.4, -0.2) is 0 Å². The lowest BCUT2D eigenvalue weighted by Crippen LogP contribution is -2.09. The second-order valence-corrected chi connectivity index (χ2v) is 3.50. The van der Waals surface area contributed by atoms with E-state index in [1.165, 1.54) is 6.07 Å². The van der Waals surface area contributed by atoms with Gasteiger partial charge in [0.15, 0.2) is 0 Å². The van der Waals surface area contributed by atoms with E-state index in [0.29, 0.717) is 5.56 Å². The van der Waals surface area contributed by atoms with E-state index in [4.69, 9.17) is 17.3 Å². The van der Waals surface area contributed by atoms with Crippen molar-refractivity contribution in [3.05, 3.63) is 34.3 Å². The summed E-state index contributed by atoms with van der Waals surface area (Å²) in [4.78, 5) is 0. The van der Waals surface area contributed by atoms with Crippen molar-refractivity contribution in [2.45, 2.75) is 19.1 Å². The normalized spacial score (nSPS) is 14.1. The molecule has 0 bridgehead atoms. The van der Waals surface area contributed by atoms with Gasteiger partial charge in [0.2, 0.25) is 0 Å². The van der Waals surface area contributed by atoms with Crippen molar-refractivity contribution in [3.63, 3.8) is 0 Å². The van der Waals surface area contributed by atoms with Crippen LogP contribution in [0.3, 0.4) is 0 Å². The first-order valence-electron chi connectivity index (χ1n) is 3.94. The second kappa shape index (κ2) is 3.79. The highest BCUT2D eigenvalue weighted by atomic mass is 35.5. The van der Waals surface area contributed by atoms with Crippen LogP contribution in [0, 0.1) is 0 Å². The molecule has 14 heavy (non-hydrogen) atoms. The van der Waals surface area contributed by atoms with Crippen LogP contribution in [0.1, 0.15) is 24.1 Å². The van der Waals surface area contributed by atoms with Crippen LogP contribution in [0.5, 0.6) is 0 Å². The molecule has 0 amide bonds. The van der Waals surface area contributed by atoms with Crippen LogP contribution in [-0.2, 0) is 6.18 Å². The summed E-state index contributed by atoms with van der Waals surface area (Å²) in [5.74, 6) is 0. The van der Waals surface area contributed by atoms with E-state index in [9.17, 15) is 13.2 Å². The van der Waals surface area contributed by atoms with Crippen LogP contribution < -0.4 is 5.73 Å². The Morgan fingerprint density at radius 1 is 1.29 bits per heavy atom. The number of benzene rings is 1. The lowest BCUT2D eigenvalue weighted by molar-refractivity contribution is -0.137. The van der Waals surface area contributed by atoms with E-state index < -0.39 is 17.8 Å². The zero-order valence-electron chi connectivity index (χ0n) is 7.40. The van der Waals surface area contributed by atoms with Gasteiger partial charge in [-0.25, -0.2) is 0 Å². The van der Waals surface area contributed by atoms with Crippen molar-refractivity contribution < 1.29 is 13.2 Å². The van der Waals surface area contributed by atoms with Gasteiger partial charge in [0.25, 0.3) is 0 Å². The monoisotopic (exact) mass is 223 g/mol. The molecule has 1 atom stereocenters. The summed E-state index contributed by atoms with van der Waals surface area (Å²) in [5, 5.41) is 0.0483. The van der Waals surface area contributed by atoms with E-state index >= 15 is 0 Å². The smallest absolute Gasteiger partial charge is 0.324 e. The highest BCUT2D eigenvalue weighted by Crippen LogP contribution is 2.32. The summed E-state index contributed by atoms with van der Waals surface area (Å²) in [6, 6.07) is 2.86. The Balaban J connectivity index is 3.21. The molecule has 0 fully saturated rings. The van der Waals surface area contributed by atoms with Gasteiger partial charge < -0.3 is 5.73 Å². The molecule has 0 spiro atoms. The summed E-state index contributed by atoms with van der Waals surface area (Å²) >= 11 is 5.54. The first-order valence-corrected chi connectivity index (χ1v) is 4.32. The molecule has 5 heteroatoms. The molecule has 78 valence electrons. The van der Waals surface area contributed by atoms with Crippen molar-refractivity contribution >= 4 is 11.6 Å². The molecule has 1 aromatic carbocycles. The largest absolute Gasteiger partial charge is 0.416 e. The maximum absolute atomic E-state index is 12.3. The summed E-state index contributed by atoms with van der Waals surface area (Å²) in [5.41, 5.74) is 5.08. The third-order valence-corrected chi connectivity index (χ3v) is 1.99. The van der Waals surface area contributed by atoms with Gasteiger partial charge in [0, 0.05) is 11.1 Å². The minimum absolute atomic E-state index is 0.0483. The predicted molar refractivity (Wildman–Crippen MR) is 49.1 cm³/mol. The molecule has 2 N–H and O–H groups in total. The molecule has 0 aliphatic heterocycles. The Bertz CT molecular complexity index is 333. The fraction of sp³-hybridized carbons (Fsp3) is 0.333. The molecular weight excluding hydrogens is 215 g/mol. The predicted octanol–water partition coefficient (Wildman–Crippen LogP) is 3.38. The topological polar surface area (TPSA) is 26.0 Å². The number of rotatable bonds is 1. The fourth-order valence-corrected chi connectivity index (χ4v) is 1.28. The maximum Gasteiger partial charge on any atom is 0.416 e. The molecule has 0 saturated carbocycles. The Hall–Kier alpha value is -0.740. The van der Waals surface area contributed by atoms with Gasteiger partial charge >= 0.3 is 6.18 Å². The van der Waals surface area contributed by atoms with E-state index in [-0.39, 0.29) is 5.02 Å². The van der Waals surface area contributed by atoms with Crippen molar-refractivity contribution in [3.8, 4) is 0 Å². The molecule has 0 unspecified atom stereocenters. The van der Waals surface area contributed by atoms with Crippen molar-refractivity contribution in [2.75, 3.05) is 0 Å². The number of hydrogen-bond donors (Lipinski definition) is 1. The lowest BCUT2D eigenvalue weighted by Gasteiger charge is -2.11. The first kappa shape index (κ1) is 11.3. The molecule has 0 heterocycles. The molecule has 1 nitrogen and oxygen atoms in total. The van der Waals surface area contributed by atoms with Gasteiger partial charge in [0.05, 0.1) is 5.56 Å². The van der Waals surface area contributed by atoms with Crippen molar-refractivity contribution in [1.29, 1.82) is 0 Å².